The van der Waals surface area contributed by atoms with Gasteiger partial charge >= 0.3 is 0 Å². The molecule has 0 bridgehead atoms. The molecule has 1 saturated heterocycles. The molecule has 1 aromatic carbocycles. The van der Waals surface area contributed by atoms with Crippen LogP contribution in [0.2, 0.25) is 0 Å². The molecule has 1 atom stereocenters. The van der Waals surface area contributed by atoms with Crippen molar-refractivity contribution in [1.29, 1.82) is 0 Å². The quantitative estimate of drug-likeness (QED) is 0.838. The van der Waals surface area contributed by atoms with Crippen LogP contribution < -0.4 is 10.1 Å². The predicted octanol–water partition coefficient (Wildman–Crippen LogP) is 2.57. The highest BCUT2D eigenvalue weighted by molar-refractivity contribution is 5.41. The van der Waals surface area contributed by atoms with E-state index >= 15 is 0 Å². The minimum Gasteiger partial charge on any atom is -0.493 e. The molecule has 0 radical (unpaired) electrons. The zero-order valence-electron chi connectivity index (χ0n) is 9.44. The lowest BCUT2D eigenvalue weighted by atomic mass is 9.89. The minimum atomic E-state index is -0.530. The Morgan fingerprint density at radius 2 is 2.00 bits per heavy atom. The van der Waals surface area contributed by atoms with Gasteiger partial charge in [-0.3, -0.25) is 0 Å². The zero-order chi connectivity index (χ0) is 11.8. The molecule has 2 rings (SSSR count). The highest BCUT2D eigenvalue weighted by Crippen LogP contribution is 2.39. The van der Waals surface area contributed by atoms with E-state index in [1.165, 1.54) is 7.11 Å². The van der Waals surface area contributed by atoms with E-state index in [9.17, 15) is 8.78 Å². The summed E-state index contributed by atoms with van der Waals surface area (Å²) in [6.45, 7) is 2.69. The van der Waals surface area contributed by atoms with Gasteiger partial charge in [0.05, 0.1) is 12.7 Å². The smallest absolute Gasteiger partial charge is 0.165 e. The molecule has 0 amide bonds. The Balaban J connectivity index is 2.57. The van der Waals surface area contributed by atoms with Crippen LogP contribution in [-0.2, 0) is 5.54 Å². The van der Waals surface area contributed by atoms with E-state index < -0.39 is 17.2 Å². The summed E-state index contributed by atoms with van der Waals surface area (Å²) in [5, 5.41) is 3.21. The van der Waals surface area contributed by atoms with Crippen LogP contribution in [0, 0.1) is 11.6 Å². The Bertz CT molecular complexity index is 400. The molecule has 1 heterocycles. The molecule has 1 fully saturated rings. The summed E-state index contributed by atoms with van der Waals surface area (Å²) < 4.78 is 32.3. The molecule has 1 N–H and O–H groups in total. The largest absolute Gasteiger partial charge is 0.493 e. The van der Waals surface area contributed by atoms with Crippen LogP contribution in [0.4, 0.5) is 8.78 Å². The summed E-state index contributed by atoms with van der Waals surface area (Å²) in [6.07, 6.45) is 1.74. The van der Waals surface area contributed by atoms with E-state index in [4.69, 9.17) is 4.74 Å². The Morgan fingerprint density at radius 3 is 2.56 bits per heavy atom. The summed E-state index contributed by atoms with van der Waals surface area (Å²) in [6, 6.07) is 2.24. The third-order valence-corrected chi connectivity index (χ3v) is 3.18. The van der Waals surface area contributed by atoms with Crippen molar-refractivity contribution < 1.29 is 13.5 Å². The molecule has 0 aliphatic carbocycles. The molecule has 1 aromatic rings. The van der Waals surface area contributed by atoms with Crippen molar-refractivity contribution in [3.05, 3.63) is 29.3 Å². The molecule has 0 spiro atoms. The van der Waals surface area contributed by atoms with Crippen LogP contribution in [0.25, 0.3) is 0 Å². The first kappa shape index (κ1) is 11.3. The van der Waals surface area contributed by atoms with Crippen LogP contribution in [0.3, 0.4) is 0 Å². The molecule has 1 unspecified atom stereocenters. The molecule has 1 aliphatic heterocycles. The second kappa shape index (κ2) is 4.01. The van der Waals surface area contributed by atoms with Crippen LogP contribution >= 0.6 is 0 Å². The summed E-state index contributed by atoms with van der Waals surface area (Å²) in [5.74, 6) is -0.930. The number of rotatable bonds is 2. The predicted molar refractivity (Wildman–Crippen MR) is 57.5 cm³/mol. The first-order valence-corrected chi connectivity index (χ1v) is 5.36. The number of methoxy groups -OCH3 is 1. The van der Waals surface area contributed by atoms with Crippen molar-refractivity contribution >= 4 is 0 Å². The van der Waals surface area contributed by atoms with Gasteiger partial charge < -0.3 is 10.1 Å². The minimum absolute atomic E-state index is 0.0110. The number of halogens is 2. The molecule has 16 heavy (non-hydrogen) atoms. The maximum atomic E-state index is 13.8. The second-order valence-electron chi connectivity index (χ2n) is 4.30. The Labute approximate surface area is 93.6 Å². The third-order valence-electron chi connectivity index (χ3n) is 3.18. The van der Waals surface area contributed by atoms with Gasteiger partial charge in [-0.15, -0.1) is 0 Å². The average Bonchev–Trinajstić information content (AvgIpc) is 2.69. The Hall–Kier alpha value is -1.16. The van der Waals surface area contributed by atoms with Crippen molar-refractivity contribution in [2.45, 2.75) is 25.3 Å². The maximum absolute atomic E-state index is 13.8. The maximum Gasteiger partial charge on any atom is 0.165 e. The van der Waals surface area contributed by atoms with Crippen LogP contribution in [-0.4, -0.2) is 13.7 Å². The number of nitrogens with one attached hydrogen (secondary N) is 1. The number of ether oxygens (including phenoxy) is 1. The van der Waals surface area contributed by atoms with Gasteiger partial charge in [0, 0.05) is 5.54 Å². The first-order chi connectivity index (χ1) is 7.58. The molecule has 1 aliphatic rings. The first-order valence-electron chi connectivity index (χ1n) is 5.36. The standard InChI is InChI=1S/C12H15F2NO/c1-12(6-3-7-15-12)10-8(13)4-5-9(14)11(10)16-2/h4-5,15H,3,6-7H2,1-2H3. The topological polar surface area (TPSA) is 21.3 Å². The fraction of sp³-hybridized carbons (Fsp3) is 0.500. The van der Waals surface area contributed by atoms with Crippen LogP contribution in [0.5, 0.6) is 5.75 Å². The van der Waals surface area contributed by atoms with Crippen LogP contribution in [0.1, 0.15) is 25.3 Å². The van der Waals surface area contributed by atoms with E-state index in [2.05, 4.69) is 5.32 Å². The van der Waals surface area contributed by atoms with E-state index in [-0.39, 0.29) is 5.75 Å². The van der Waals surface area contributed by atoms with Crippen LogP contribution in [0.15, 0.2) is 12.1 Å². The third kappa shape index (κ3) is 1.67. The fourth-order valence-corrected chi connectivity index (χ4v) is 2.35. The van der Waals surface area contributed by atoms with Gasteiger partial charge in [0.2, 0.25) is 0 Å². The monoisotopic (exact) mass is 227 g/mol. The Kier molecular flexibility index (Phi) is 2.84. The summed E-state index contributed by atoms with van der Waals surface area (Å²) in [5.41, 5.74) is -0.232. The lowest BCUT2D eigenvalue weighted by molar-refractivity contribution is 0.338. The van der Waals surface area contributed by atoms with E-state index in [1.54, 1.807) is 0 Å². The molecular formula is C12H15F2NO. The van der Waals surface area contributed by atoms with Crippen molar-refractivity contribution in [1.82, 2.24) is 5.32 Å². The number of hydrogen-bond acceptors (Lipinski definition) is 2. The van der Waals surface area contributed by atoms with Gasteiger partial charge in [-0.2, -0.15) is 0 Å². The molecular weight excluding hydrogens is 212 g/mol. The fourth-order valence-electron chi connectivity index (χ4n) is 2.35. The lowest BCUT2D eigenvalue weighted by Crippen LogP contribution is -2.34. The Morgan fingerprint density at radius 1 is 1.31 bits per heavy atom. The molecule has 4 heteroatoms. The lowest BCUT2D eigenvalue weighted by Gasteiger charge is -2.27. The average molecular weight is 227 g/mol. The van der Waals surface area contributed by atoms with Crippen molar-refractivity contribution in [2.75, 3.05) is 13.7 Å². The van der Waals surface area contributed by atoms with Crippen molar-refractivity contribution in [2.24, 2.45) is 0 Å². The molecule has 0 saturated carbocycles. The SMILES string of the molecule is COc1c(F)ccc(F)c1C1(C)CCCN1. The van der Waals surface area contributed by atoms with E-state index in [0.29, 0.717) is 5.56 Å². The number of hydrogen-bond donors (Lipinski definition) is 1. The summed E-state index contributed by atoms with van der Waals surface area (Å²) in [4.78, 5) is 0. The molecule has 2 nitrogen and oxygen atoms in total. The van der Waals surface area contributed by atoms with E-state index in [1.807, 2.05) is 6.92 Å². The van der Waals surface area contributed by atoms with Crippen molar-refractivity contribution in [3.8, 4) is 5.75 Å². The van der Waals surface area contributed by atoms with Gasteiger partial charge in [-0.25, -0.2) is 8.78 Å². The van der Waals surface area contributed by atoms with Gasteiger partial charge in [-0.05, 0) is 38.4 Å². The summed E-state index contributed by atoms with van der Waals surface area (Å²) in [7, 11) is 1.36. The molecule has 88 valence electrons. The second-order valence-corrected chi connectivity index (χ2v) is 4.30. The van der Waals surface area contributed by atoms with Gasteiger partial charge in [0.1, 0.15) is 5.82 Å². The zero-order valence-corrected chi connectivity index (χ0v) is 9.44. The van der Waals surface area contributed by atoms with Gasteiger partial charge in [-0.1, -0.05) is 0 Å². The highest BCUT2D eigenvalue weighted by atomic mass is 19.1. The van der Waals surface area contributed by atoms with Gasteiger partial charge in [0.15, 0.2) is 11.6 Å². The molecule has 0 aromatic heterocycles. The number of benzene rings is 1. The normalized spacial score (nSPS) is 24.8. The van der Waals surface area contributed by atoms with Crippen molar-refractivity contribution in [3.63, 3.8) is 0 Å². The summed E-state index contributed by atoms with van der Waals surface area (Å²) >= 11 is 0. The van der Waals surface area contributed by atoms with E-state index in [0.717, 1.165) is 31.5 Å². The van der Waals surface area contributed by atoms with Gasteiger partial charge in [0.25, 0.3) is 0 Å². The highest BCUT2D eigenvalue weighted by Gasteiger charge is 2.36.